The normalized spacial score (nSPS) is 11.0. The van der Waals surface area contributed by atoms with Crippen molar-refractivity contribution in [3.63, 3.8) is 0 Å². The topological polar surface area (TPSA) is 58.6 Å². The number of aryl methyl sites for hydroxylation is 2. The van der Waals surface area contributed by atoms with Gasteiger partial charge in [0.1, 0.15) is 10.8 Å². The standard InChI is InChI=1S/C13H11N3OS/c1-7-12(6-17)18-13(14-7)9-3-4-10-11(5-9)16-8(2)15-10/h3-6H,1-2H3,(H,15,16). The van der Waals surface area contributed by atoms with Crippen LogP contribution in [0, 0.1) is 13.8 Å². The van der Waals surface area contributed by atoms with E-state index in [4.69, 9.17) is 0 Å². The number of hydrogen-bond donors (Lipinski definition) is 1. The van der Waals surface area contributed by atoms with E-state index in [1.807, 2.05) is 32.0 Å². The molecule has 3 rings (SSSR count). The summed E-state index contributed by atoms with van der Waals surface area (Å²) in [5.74, 6) is 0.894. The molecule has 0 bridgehead atoms. The number of aromatic amines is 1. The fraction of sp³-hybridized carbons (Fsp3) is 0.154. The minimum absolute atomic E-state index is 0.686. The second-order valence-electron chi connectivity index (χ2n) is 4.14. The fourth-order valence-corrected chi connectivity index (χ4v) is 2.79. The van der Waals surface area contributed by atoms with Crippen molar-refractivity contribution in [1.29, 1.82) is 0 Å². The molecule has 0 aliphatic rings. The molecule has 1 aromatic carbocycles. The third-order valence-electron chi connectivity index (χ3n) is 2.79. The van der Waals surface area contributed by atoms with Gasteiger partial charge in [-0.1, -0.05) is 0 Å². The SMILES string of the molecule is Cc1nc2ccc(-c3nc(C)c(C=O)s3)cc2[nH]1. The van der Waals surface area contributed by atoms with Crippen LogP contribution in [0.3, 0.4) is 0 Å². The number of nitrogens with one attached hydrogen (secondary N) is 1. The first-order chi connectivity index (χ1) is 8.67. The highest BCUT2D eigenvalue weighted by Crippen LogP contribution is 2.28. The lowest BCUT2D eigenvalue weighted by Crippen LogP contribution is -1.79. The average Bonchev–Trinajstić information content (AvgIpc) is 2.89. The Balaban J connectivity index is 2.15. The zero-order valence-electron chi connectivity index (χ0n) is 10.0. The number of aldehydes is 1. The average molecular weight is 257 g/mol. The van der Waals surface area contributed by atoms with Gasteiger partial charge in [0.2, 0.25) is 0 Å². The van der Waals surface area contributed by atoms with E-state index in [1.165, 1.54) is 11.3 Å². The molecule has 1 N–H and O–H groups in total. The summed E-state index contributed by atoms with van der Waals surface area (Å²) in [5.41, 5.74) is 3.73. The van der Waals surface area contributed by atoms with Crippen molar-refractivity contribution in [2.24, 2.45) is 0 Å². The Morgan fingerprint density at radius 3 is 2.83 bits per heavy atom. The Labute approximate surface area is 108 Å². The predicted molar refractivity (Wildman–Crippen MR) is 72.1 cm³/mol. The predicted octanol–water partition coefficient (Wildman–Crippen LogP) is 3.12. The Morgan fingerprint density at radius 1 is 1.28 bits per heavy atom. The van der Waals surface area contributed by atoms with Crippen molar-refractivity contribution in [2.45, 2.75) is 13.8 Å². The minimum atomic E-state index is 0.686. The number of carbonyl (C=O) groups excluding carboxylic acids is 1. The Hall–Kier alpha value is -2.01. The lowest BCUT2D eigenvalue weighted by molar-refractivity contribution is 0.112. The fourth-order valence-electron chi connectivity index (χ4n) is 1.91. The molecule has 0 aliphatic heterocycles. The third-order valence-corrected chi connectivity index (χ3v) is 3.92. The highest BCUT2D eigenvalue weighted by atomic mass is 32.1. The summed E-state index contributed by atoms with van der Waals surface area (Å²) in [6.07, 6.45) is 0.857. The van der Waals surface area contributed by atoms with Gasteiger partial charge in [-0.2, -0.15) is 0 Å². The van der Waals surface area contributed by atoms with Gasteiger partial charge in [0.05, 0.1) is 21.6 Å². The molecule has 4 nitrogen and oxygen atoms in total. The molecule has 0 amide bonds. The van der Waals surface area contributed by atoms with E-state index in [-0.39, 0.29) is 0 Å². The molecular weight excluding hydrogens is 246 g/mol. The molecule has 0 atom stereocenters. The largest absolute Gasteiger partial charge is 0.342 e. The van der Waals surface area contributed by atoms with E-state index in [9.17, 15) is 4.79 Å². The molecule has 0 unspecified atom stereocenters. The van der Waals surface area contributed by atoms with Gasteiger partial charge in [0.25, 0.3) is 0 Å². The number of aromatic nitrogens is 3. The van der Waals surface area contributed by atoms with E-state index >= 15 is 0 Å². The van der Waals surface area contributed by atoms with E-state index < -0.39 is 0 Å². The van der Waals surface area contributed by atoms with Crippen molar-refractivity contribution in [1.82, 2.24) is 15.0 Å². The smallest absolute Gasteiger partial charge is 0.161 e. The number of nitrogens with zero attached hydrogens (tertiary/aromatic N) is 2. The molecule has 2 heterocycles. The number of hydrogen-bond acceptors (Lipinski definition) is 4. The summed E-state index contributed by atoms with van der Waals surface area (Å²) in [7, 11) is 0. The molecule has 0 fully saturated rings. The summed E-state index contributed by atoms with van der Waals surface area (Å²) >= 11 is 1.41. The number of H-pyrrole nitrogens is 1. The maximum Gasteiger partial charge on any atom is 0.161 e. The van der Waals surface area contributed by atoms with Gasteiger partial charge < -0.3 is 4.98 Å². The van der Waals surface area contributed by atoms with Crippen LogP contribution in [0.25, 0.3) is 21.6 Å². The van der Waals surface area contributed by atoms with E-state index in [0.29, 0.717) is 4.88 Å². The summed E-state index contributed by atoms with van der Waals surface area (Å²) < 4.78 is 0. The Kier molecular flexibility index (Phi) is 2.48. The van der Waals surface area contributed by atoms with E-state index in [1.54, 1.807) is 0 Å². The highest BCUT2D eigenvalue weighted by Gasteiger charge is 2.10. The summed E-state index contributed by atoms with van der Waals surface area (Å²) in [6, 6.07) is 5.96. The maximum atomic E-state index is 10.8. The van der Waals surface area contributed by atoms with Gasteiger partial charge in [0, 0.05) is 5.56 Å². The second-order valence-corrected chi connectivity index (χ2v) is 5.17. The first-order valence-corrected chi connectivity index (χ1v) is 6.38. The molecule has 0 aliphatic carbocycles. The summed E-state index contributed by atoms with van der Waals surface area (Å²) in [4.78, 5) is 23.5. The van der Waals surface area contributed by atoms with Gasteiger partial charge in [0.15, 0.2) is 6.29 Å². The van der Waals surface area contributed by atoms with Crippen LogP contribution in [0.1, 0.15) is 21.2 Å². The molecule has 2 aromatic heterocycles. The number of fused-ring (bicyclic) bond motifs is 1. The van der Waals surface area contributed by atoms with E-state index in [2.05, 4.69) is 15.0 Å². The van der Waals surface area contributed by atoms with Crippen molar-refractivity contribution >= 4 is 28.7 Å². The third kappa shape index (κ3) is 1.73. The molecule has 0 radical (unpaired) electrons. The number of carbonyl (C=O) groups is 1. The van der Waals surface area contributed by atoms with Crippen LogP contribution in [0.2, 0.25) is 0 Å². The molecule has 0 spiro atoms. The molecule has 0 saturated heterocycles. The lowest BCUT2D eigenvalue weighted by Gasteiger charge is -1.95. The van der Waals surface area contributed by atoms with Crippen LogP contribution in [0.15, 0.2) is 18.2 Å². The van der Waals surface area contributed by atoms with Gasteiger partial charge in [-0.3, -0.25) is 4.79 Å². The molecule has 90 valence electrons. The molecule has 18 heavy (non-hydrogen) atoms. The number of imidazole rings is 1. The Morgan fingerprint density at radius 2 is 2.11 bits per heavy atom. The zero-order valence-corrected chi connectivity index (χ0v) is 10.8. The zero-order chi connectivity index (χ0) is 12.7. The van der Waals surface area contributed by atoms with Crippen LogP contribution in [-0.2, 0) is 0 Å². The summed E-state index contributed by atoms with van der Waals surface area (Å²) in [5, 5.41) is 0.865. The first-order valence-electron chi connectivity index (χ1n) is 5.57. The van der Waals surface area contributed by atoms with Crippen LogP contribution >= 0.6 is 11.3 Å². The molecule has 5 heteroatoms. The maximum absolute atomic E-state index is 10.8. The van der Waals surface area contributed by atoms with Crippen molar-refractivity contribution in [3.05, 3.63) is 34.6 Å². The van der Waals surface area contributed by atoms with Gasteiger partial charge >= 0.3 is 0 Å². The van der Waals surface area contributed by atoms with Crippen molar-refractivity contribution < 1.29 is 4.79 Å². The molecular formula is C13H11N3OS. The van der Waals surface area contributed by atoms with Gasteiger partial charge in [-0.25, -0.2) is 9.97 Å². The minimum Gasteiger partial charge on any atom is -0.342 e. The van der Waals surface area contributed by atoms with Crippen LogP contribution < -0.4 is 0 Å². The van der Waals surface area contributed by atoms with Crippen molar-refractivity contribution in [3.8, 4) is 10.6 Å². The van der Waals surface area contributed by atoms with Crippen LogP contribution in [0.4, 0.5) is 0 Å². The number of thiazole rings is 1. The van der Waals surface area contributed by atoms with Crippen LogP contribution in [-0.4, -0.2) is 21.2 Å². The number of rotatable bonds is 2. The van der Waals surface area contributed by atoms with Crippen molar-refractivity contribution in [2.75, 3.05) is 0 Å². The monoisotopic (exact) mass is 257 g/mol. The summed E-state index contributed by atoms with van der Waals surface area (Å²) in [6.45, 7) is 3.78. The first kappa shape index (κ1) is 11.1. The van der Waals surface area contributed by atoms with Gasteiger partial charge in [-0.05, 0) is 32.0 Å². The number of benzene rings is 1. The lowest BCUT2D eigenvalue weighted by atomic mass is 10.2. The van der Waals surface area contributed by atoms with E-state index in [0.717, 1.165) is 39.4 Å². The second kappa shape index (κ2) is 4.03. The quantitative estimate of drug-likeness (QED) is 0.717. The van der Waals surface area contributed by atoms with Crippen LogP contribution in [0.5, 0.6) is 0 Å². The Bertz CT molecular complexity index is 742. The highest BCUT2D eigenvalue weighted by molar-refractivity contribution is 7.16. The van der Waals surface area contributed by atoms with Gasteiger partial charge in [-0.15, -0.1) is 11.3 Å². The molecule has 0 saturated carbocycles. The molecule has 3 aromatic rings.